The van der Waals surface area contributed by atoms with Crippen LogP contribution in [0.5, 0.6) is 0 Å². The summed E-state index contributed by atoms with van der Waals surface area (Å²) in [6, 6.07) is 10.2. The zero-order valence-electron chi connectivity index (χ0n) is 10.8. The number of carbonyl (C=O) groups excluding carboxylic acids is 1. The van der Waals surface area contributed by atoms with Crippen molar-refractivity contribution in [3.8, 4) is 0 Å². The molecule has 0 spiro atoms. The lowest BCUT2D eigenvalue weighted by atomic mass is 9.60. The standard InChI is InChI=1S/C16H21NO/c18-15(17-12-14-4-2-1-3-5-14)16-9-6-13(7-10-16)8-11-16/h1-5,13H,6-12H2,(H,17,18). The van der Waals surface area contributed by atoms with Gasteiger partial charge in [-0.3, -0.25) is 4.79 Å². The van der Waals surface area contributed by atoms with Crippen LogP contribution in [0.25, 0.3) is 0 Å². The van der Waals surface area contributed by atoms with Crippen molar-refractivity contribution in [1.82, 2.24) is 5.32 Å². The van der Waals surface area contributed by atoms with E-state index in [-0.39, 0.29) is 5.41 Å². The number of hydrogen-bond acceptors (Lipinski definition) is 1. The third-order valence-corrected chi connectivity index (χ3v) is 4.87. The second kappa shape index (κ2) is 4.75. The number of benzene rings is 1. The first-order valence-corrected chi connectivity index (χ1v) is 7.11. The van der Waals surface area contributed by atoms with Crippen LogP contribution in [0.4, 0.5) is 0 Å². The smallest absolute Gasteiger partial charge is 0.226 e. The third kappa shape index (κ3) is 2.16. The van der Waals surface area contributed by atoms with E-state index in [9.17, 15) is 4.79 Å². The number of fused-ring (bicyclic) bond motifs is 3. The van der Waals surface area contributed by atoms with E-state index < -0.39 is 0 Å². The molecule has 3 fully saturated rings. The van der Waals surface area contributed by atoms with Crippen LogP contribution in [-0.2, 0) is 11.3 Å². The summed E-state index contributed by atoms with van der Waals surface area (Å²) in [4.78, 5) is 12.4. The lowest BCUT2D eigenvalue weighted by Crippen LogP contribution is -2.46. The Hall–Kier alpha value is -1.31. The molecule has 3 aliphatic carbocycles. The van der Waals surface area contributed by atoms with Gasteiger partial charge in [0.05, 0.1) is 0 Å². The minimum absolute atomic E-state index is 0.0243. The molecule has 1 amide bonds. The molecular formula is C16H21NO. The molecule has 96 valence electrons. The summed E-state index contributed by atoms with van der Waals surface area (Å²) in [6.45, 7) is 0.671. The predicted octanol–water partition coefficient (Wildman–Crippen LogP) is 3.27. The Labute approximate surface area is 109 Å². The molecule has 1 N–H and O–H groups in total. The molecular weight excluding hydrogens is 222 g/mol. The summed E-state index contributed by atoms with van der Waals surface area (Å²) in [5.74, 6) is 1.21. The van der Waals surface area contributed by atoms with Crippen molar-refractivity contribution in [3.05, 3.63) is 35.9 Å². The maximum atomic E-state index is 12.4. The molecule has 0 saturated heterocycles. The fourth-order valence-corrected chi connectivity index (χ4v) is 3.56. The van der Waals surface area contributed by atoms with E-state index in [1.54, 1.807) is 0 Å². The molecule has 0 unspecified atom stereocenters. The van der Waals surface area contributed by atoms with E-state index in [2.05, 4.69) is 17.4 Å². The topological polar surface area (TPSA) is 29.1 Å². The van der Waals surface area contributed by atoms with Crippen molar-refractivity contribution in [2.24, 2.45) is 11.3 Å². The van der Waals surface area contributed by atoms with Crippen LogP contribution in [0.3, 0.4) is 0 Å². The summed E-state index contributed by atoms with van der Waals surface area (Å²) in [5.41, 5.74) is 1.16. The molecule has 0 radical (unpaired) electrons. The molecule has 1 aromatic rings. The summed E-state index contributed by atoms with van der Waals surface area (Å²) < 4.78 is 0. The maximum Gasteiger partial charge on any atom is 0.226 e. The average molecular weight is 243 g/mol. The normalized spacial score (nSPS) is 30.1. The van der Waals surface area contributed by atoms with Crippen LogP contribution >= 0.6 is 0 Å². The molecule has 3 aliphatic rings. The van der Waals surface area contributed by atoms with Gasteiger partial charge < -0.3 is 5.32 Å². The van der Waals surface area contributed by atoms with Crippen LogP contribution in [0.15, 0.2) is 30.3 Å². The lowest BCUT2D eigenvalue weighted by molar-refractivity contribution is -0.137. The van der Waals surface area contributed by atoms with Crippen LogP contribution in [0.1, 0.15) is 44.1 Å². The van der Waals surface area contributed by atoms with Gasteiger partial charge in [-0.25, -0.2) is 0 Å². The van der Waals surface area contributed by atoms with Crippen LogP contribution in [-0.4, -0.2) is 5.91 Å². The van der Waals surface area contributed by atoms with Crippen molar-refractivity contribution < 1.29 is 4.79 Å². The molecule has 0 atom stereocenters. The number of amides is 1. The zero-order chi connectivity index (χ0) is 12.4. The quantitative estimate of drug-likeness (QED) is 0.867. The van der Waals surface area contributed by atoms with Gasteiger partial charge in [-0.1, -0.05) is 30.3 Å². The average Bonchev–Trinajstić information content (AvgIpc) is 2.48. The van der Waals surface area contributed by atoms with Crippen molar-refractivity contribution in [2.45, 2.75) is 45.1 Å². The number of rotatable bonds is 3. The summed E-state index contributed by atoms with van der Waals surface area (Å²) in [7, 11) is 0. The van der Waals surface area contributed by atoms with E-state index in [1.165, 1.54) is 24.8 Å². The molecule has 2 bridgehead atoms. The van der Waals surface area contributed by atoms with E-state index in [1.807, 2.05) is 18.2 Å². The number of nitrogens with one attached hydrogen (secondary N) is 1. The van der Waals surface area contributed by atoms with Gasteiger partial charge in [-0.15, -0.1) is 0 Å². The zero-order valence-corrected chi connectivity index (χ0v) is 10.8. The highest BCUT2D eigenvalue weighted by Crippen LogP contribution is 2.50. The van der Waals surface area contributed by atoms with Gasteiger partial charge in [0.1, 0.15) is 0 Å². The highest BCUT2D eigenvalue weighted by atomic mass is 16.2. The van der Waals surface area contributed by atoms with E-state index in [4.69, 9.17) is 0 Å². The monoisotopic (exact) mass is 243 g/mol. The van der Waals surface area contributed by atoms with Gasteiger partial charge in [0.25, 0.3) is 0 Å². The minimum atomic E-state index is -0.0243. The van der Waals surface area contributed by atoms with Crippen molar-refractivity contribution in [1.29, 1.82) is 0 Å². The fraction of sp³-hybridized carbons (Fsp3) is 0.562. The second-order valence-corrected chi connectivity index (χ2v) is 5.93. The molecule has 3 saturated carbocycles. The van der Waals surface area contributed by atoms with Gasteiger partial charge in [-0.2, -0.15) is 0 Å². The summed E-state index contributed by atoms with van der Waals surface area (Å²) >= 11 is 0. The summed E-state index contributed by atoms with van der Waals surface area (Å²) in [6.07, 6.45) is 7.12. The summed E-state index contributed by atoms with van der Waals surface area (Å²) in [5, 5.41) is 3.15. The SMILES string of the molecule is O=C(NCc1ccccc1)C12CCC(CC1)CC2. The number of carbonyl (C=O) groups is 1. The Bertz CT molecular complexity index is 404. The van der Waals surface area contributed by atoms with Gasteiger partial charge in [0.15, 0.2) is 0 Å². The maximum absolute atomic E-state index is 12.4. The second-order valence-electron chi connectivity index (χ2n) is 5.93. The first kappa shape index (κ1) is 11.8. The van der Waals surface area contributed by atoms with Gasteiger partial charge in [0.2, 0.25) is 5.91 Å². The van der Waals surface area contributed by atoms with Crippen LogP contribution in [0.2, 0.25) is 0 Å². The Morgan fingerprint density at radius 1 is 1.11 bits per heavy atom. The van der Waals surface area contributed by atoms with Crippen molar-refractivity contribution >= 4 is 5.91 Å². The number of hydrogen-bond donors (Lipinski definition) is 1. The van der Waals surface area contributed by atoms with Crippen molar-refractivity contribution in [2.75, 3.05) is 0 Å². The van der Waals surface area contributed by atoms with Gasteiger partial charge in [0, 0.05) is 12.0 Å². The minimum Gasteiger partial charge on any atom is -0.352 e. The largest absolute Gasteiger partial charge is 0.352 e. The Morgan fingerprint density at radius 2 is 1.72 bits per heavy atom. The highest BCUT2D eigenvalue weighted by molar-refractivity contribution is 5.82. The fourth-order valence-electron chi connectivity index (χ4n) is 3.56. The lowest BCUT2D eigenvalue weighted by Gasteiger charge is -2.45. The molecule has 1 aromatic carbocycles. The van der Waals surface area contributed by atoms with Crippen LogP contribution < -0.4 is 5.32 Å². The molecule has 0 aliphatic heterocycles. The Kier molecular flexibility index (Phi) is 3.11. The molecule has 18 heavy (non-hydrogen) atoms. The Morgan fingerprint density at radius 3 is 2.33 bits per heavy atom. The molecule has 4 rings (SSSR count). The first-order valence-electron chi connectivity index (χ1n) is 7.11. The molecule has 2 heteroatoms. The van der Waals surface area contributed by atoms with E-state index >= 15 is 0 Å². The van der Waals surface area contributed by atoms with Gasteiger partial charge >= 0.3 is 0 Å². The third-order valence-electron chi connectivity index (χ3n) is 4.87. The van der Waals surface area contributed by atoms with E-state index in [0.29, 0.717) is 12.5 Å². The van der Waals surface area contributed by atoms with Crippen molar-refractivity contribution in [3.63, 3.8) is 0 Å². The molecule has 0 aromatic heterocycles. The van der Waals surface area contributed by atoms with Crippen LogP contribution in [0, 0.1) is 11.3 Å². The Balaban J connectivity index is 1.61. The van der Waals surface area contributed by atoms with Gasteiger partial charge in [-0.05, 0) is 50.0 Å². The molecule has 2 nitrogen and oxygen atoms in total. The molecule has 0 heterocycles. The predicted molar refractivity (Wildman–Crippen MR) is 71.9 cm³/mol. The first-order chi connectivity index (χ1) is 8.78. The highest BCUT2D eigenvalue weighted by Gasteiger charge is 2.45. The van der Waals surface area contributed by atoms with E-state index in [0.717, 1.165) is 25.2 Å².